The first-order valence-corrected chi connectivity index (χ1v) is 4.15. The molecule has 5 nitrogen and oxygen atoms in total. The van der Waals surface area contributed by atoms with Crippen molar-refractivity contribution in [3.8, 4) is 6.01 Å². The number of rotatable bonds is 2. The fraction of sp³-hybridized carbons (Fsp3) is 0.500. The number of aryl methyl sites for hydroxylation is 1. The van der Waals surface area contributed by atoms with Gasteiger partial charge in [0.2, 0.25) is 0 Å². The summed E-state index contributed by atoms with van der Waals surface area (Å²) in [6.07, 6.45) is 1.68. The van der Waals surface area contributed by atoms with E-state index in [1.54, 1.807) is 11.3 Å². The maximum atomic E-state index is 5.34. The molecule has 5 heteroatoms. The van der Waals surface area contributed by atoms with E-state index >= 15 is 0 Å². The van der Waals surface area contributed by atoms with Gasteiger partial charge in [-0.25, -0.2) is 4.98 Å². The molecule has 2 rings (SSSR count). The molecule has 2 heterocycles. The van der Waals surface area contributed by atoms with E-state index in [4.69, 9.17) is 9.57 Å². The van der Waals surface area contributed by atoms with E-state index in [1.165, 1.54) is 0 Å². The fourth-order valence-corrected chi connectivity index (χ4v) is 1.05. The quantitative estimate of drug-likeness (QED) is 0.659. The molecule has 1 aromatic heterocycles. The van der Waals surface area contributed by atoms with E-state index in [1.807, 2.05) is 13.0 Å². The second-order valence-corrected chi connectivity index (χ2v) is 2.81. The number of hydrogen-bond donors (Lipinski definition) is 0. The lowest BCUT2D eigenvalue weighted by molar-refractivity contribution is -0.0758. The van der Waals surface area contributed by atoms with E-state index in [9.17, 15) is 0 Å². The summed E-state index contributed by atoms with van der Waals surface area (Å²) in [4.78, 5) is 13.4. The lowest BCUT2D eigenvalue weighted by atomic mass is 10.5. The van der Waals surface area contributed by atoms with Crippen LogP contribution in [0.4, 0.5) is 0 Å². The topological polar surface area (TPSA) is 47.5 Å². The van der Waals surface area contributed by atoms with E-state index < -0.39 is 0 Å². The first kappa shape index (κ1) is 8.40. The van der Waals surface area contributed by atoms with Gasteiger partial charge in [-0.05, 0) is 13.0 Å². The lowest BCUT2D eigenvalue weighted by Crippen LogP contribution is -2.25. The zero-order valence-electron chi connectivity index (χ0n) is 7.43. The number of ether oxygens (including phenoxy) is 1. The Kier molecular flexibility index (Phi) is 2.37. The molecule has 0 unspecified atom stereocenters. The molecule has 0 amide bonds. The molecule has 0 saturated carbocycles. The van der Waals surface area contributed by atoms with Gasteiger partial charge in [0.1, 0.15) is 6.73 Å². The van der Waals surface area contributed by atoms with E-state index in [0.717, 1.165) is 12.2 Å². The summed E-state index contributed by atoms with van der Waals surface area (Å²) >= 11 is 0. The van der Waals surface area contributed by atoms with Gasteiger partial charge in [0.05, 0.1) is 13.2 Å². The number of aromatic nitrogens is 2. The standard InChI is InChI=1S/C8H11N3O2/c1-7-2-3-9-8(10-7)13-11-4-5-12-6-11/h2-3H,4-6H2,1H3. The molecule has 0 aromatic carbocycles. The Morgan fingerprint density at radius 1 is 1.62 bits per heavy atom. The van der Waals surface area contributed by atoms with Gasteiger partial charge in [-0.2, -0.15) is 4.98 Å². The van der Waals surface area contributed by atoms with Crippen LogP contribution in [-0.2, 0) is 4.74 Å². The van der Waals surface area contributed by atoms with Crippen LogP contribution >= 0.6 is 0 Å². The highest BCUT2D eigenvalue weighted by Gasteiger charge is 2.14. The Balaban J connectivity index is 2.00. The van der Waals surface area contributed by atoms with Gasteiger partial charge in [0.15, 0.2) is 0 Å². The molecule has 1 fully saturated rings. The molecule has 70 valence electrons. The van der Waals surface area contributed by atoms with Crippen LogP contribution in [0.15, 0.2) is 12.3 Å². The van der Waals surface area contributed by atoms with Crippen LogP contribution in [-0.4, -0.2) is 34.9 Å². The van der Waals surface area contributed by atoms with Gasteiger partial charge in [0, 0.05) is 11.9 Å². The Morgan fingerprint density at radius 2 is 2.54 bits per heavy atom. The van der Waals surface area contributed by atoms with Crippen molar-refractivity contribution in [3.63, 3.8) is 0 Å². The van der Waals surface area contributed by atoms with Gasteiger partial charge < -0.3 is 9.57 Å². The zero-order valence-corrected chi connectivity index (χ0v) is 7.43. The highest BCUT2D eigenvalue weighted by Crippen LogP contribution is 2.06. The minimum absolute atomic E-state index is 0.380. The Labute approximate surface area is 76.3 Å². The van der Waals surface area contributed by atoms with Crippen molar-refractivity contribution in [2.45, 2.75) is 6.92 Å². The second kappa shape index (κ2) is 3.68. The predicted octanol–water partition coefficient (Wildman–Crippen LogP) is 0.369. The van der Waals surface area contributed by atoms with Gasteiger partial charge in [-0.3, -0.25) is 0 Å². The molecule has 1 saturated heterocycles. The maximum absolute atomic E-state index is 5.34. The third-order valence-corrected chi connectivity index (χ3v) is 1.70. The summed E-state index contributed by atoms with van der Waals surface area (Å²) in [5.41, 5.74) is 0.894. The molecule has 1 aromatic rings. The van der Waals surface area contributed by atoms with Gasteiger partial charge in [-0.15, -0.1) is 5.06 Å². The van der Waals surface area contributed by atoms with Crippen molar-refractivity contribution >= 4 is 0 Å². The summed E-state index contributed by atoms with van der Waals surface area (Å²) < 4.78 is 5.10. The largest absolute Gasteiger partial charge is 0.363 e. The highest BCUT2D eigenvalue weighted by molar-refractivity contribution is 5.02. The number of nitrogens with zero attached hydrogens (tertiary/aromatic N) is 3. The van der Waals surface area contributed by atoms with E-state index in [2.05, 4.69) is 9.97 Å². The van der Waals surface area contributed by atoms with Crippen LogP contribution in [0.1, 0.15) is 5.69 Å². The van der Waals surface area contributed by atoms with Crippen molar-refractivity contribution in [2.24, 2.45) is 0 Å². The van der Waals surface area contributed by atoms with Crippen molar-refractivity contribution in [1.82, 2.24) is 15.0 Å². The molecule has 0 N–H and O–H groups in total. The second-order valence-electron chi connectivity index (χ2n) is 2.81. The highest BCUT2D eigenvalue weighted by atomic mass is 16.7. The van der Waals surface area contributed by atoms with Crippen LogP contribution < -0.4 is 4.84 Å². The van der Waals surface area contributed by atoms with Gasteiger partial charge in [-0.1, -0.05) is 0 Å². The molecule has 13 heavy (non-hydrogen) atoms. The third kappa shape index (κ3) is 2.13. The maximum Gasteiger partial charge on any atom is 0.336 e. The van der Waals surface area contributed by atoms with Crippen LogP contribution in [0.3, 0.4) is 0 Å². The number of hydroxylamine groups is 2. The first-order valence-electron chi connectivity index (χ1n) is 4.15. The summed E-state index contributed by atoms with van der Waals surface area (Å²) in [7, 11) is 0. The van der Waals surface area contributed by atoms with Crippen LogP contribution in [0.5, 0.6) is 6.01 Å². The van der Waals surface area contributed by atoms with Gasteiger partial charge >= 0.3 is 6.01 Å². The minimum Gasteiger partial charge on any atom is -0.363 e. The van der Waals surface area contributed by atoms with Gasteiger partial charge in [0.25, 0.3) is 0 Å². The molecule has 0 aliphatic carbocycles. The van der Waals surface area contributed by atoms with Crippen LogP contribution in [0.25, 0.3) is 0 Å². The molecule has 0 atom stereocenters. The fourth-order valence-electron chi connectivity index (χ4n) is 1.05. The SMILES string of the molecule is Cc1ccnc(ON2CCOC2)n1. The predicted molar refractivity (Wildman–Crippen MR) is 44.9 cm³/mol. The Hall–Kier alpha value is -1.20. The monoisotopic (exact) mass is 181 g/mol. The van der Waals surface area contributed by atoms with Crippen molar-refractivity contribution in [1.29, 1.82) is 0 Å². The van der Waals surface area contributed by atoms with Crippen molar-refractivity contribution in [2.75, 3.05) is 19.9 Å². The lowest BCUT2D eigenvalue weighted by Gasteiger charge is -2.11. The normalized spacial score (nSPS) is 17.6. The smallest absolute Gasteiger partial charge is 0.336 e. The third-order valence-electron chi connectivity index (χ3n) is 1.70. The van der Waals surface area contributed by atoms with E-state index in [-0.39, 0.29) is 0 Å². The van der Waals surface area contributed by atoms with Crippen LogP contribution in [0, 0.1) is 6.92 Å². The summed E-state index contributed by atoms with van der Waals surface area (Å²) in [6, 6.07) is 2.21. The summed E-state index contributed by atoms with van der Waals surface area (Å²) in [5, 5.41) is 1.69. The molecular weight excluding hydrogens is 170 g/mol. The zero-order chi connectivity index (χ0) is 9.10. The Bertz CT molecular complexity index is 286. The molecule has 1 aliphatic rings. The number of hydrogen-bond acceptors (Lipinski definition) is 5. The molecule has 0 radical (unpaired) electrons. The Morgan fingerprint density at radius 3 is 3.23 bits per heavy atom. The minimum atomic E-state index is 0.380. The average molecular weight is 181 g/mol. The summed E-state index contributed by atoms with van der Waals surface area (Å²) in [6.45, 7) is 3.84. The van der Waals surface area contributed by atoms with Crippen molar-refractivity contribution in [3.05, 3.63) is 18.0 Å². The van der Waals surface area contributed by atoms with Crippen LogP contribution in [0.2, 0.25) is 0 Å². The van der Waals surface area contributed by atoms with E-state index in [0.29, 0.717) is 19.3 Å². The van der Waals surface area contributed by atoms with Crippen molar-refractivity contribution < 1.29 is 9.57 Å². The molecule has 0 bridgehead atoms. The molecular formula is C8H11N3O2. The summed E-state index contributed by atoms with van der Waals surface area (Å²) in [5.74, 6) is 0. The molecule has 1 aliphatic heterocycles. The average Bonchev–Trinajstić information content (AvgIpc) is 2.57. The first-order chi connectivity index (χ1) is 6.34. The molecule has 0 spiro atoms.